The Morgan fingerprint density at radius 3 is 2.50 bits per heavy atom. The highest BCUT2D eigenvalue weighted by Crippen LogP contribution is 2.14. The molecule has 0 atom stereocenters. The van der Waals surface area contributed by atoms with Gasteiger partial charge in [-0.1, -0.05) is 6.07 Å². The van der Waals surface area contributed by atoms with Crippen LogP contribution in [0.1, 0.15) is 10.4 Å². The predicted molar refractivity (Wildman–Crippen MR) is 80.3 cm³/mol. The molecule has 0 aliphatic carbocycles. The lowest BCUT2D eigenvalue weighted by Gasteiger charge is -2.08. The van der Waals surface area contributed by atoms with Crippen molar-refractivity contribution in [2.75, 3.05) is 18.4 Å². The molecule has 0 saturated heterocycles. The summed E-state index contributed by atoms with van der Waals surface area (Å²) in [5.41, 5.74) is 0.992. The summed E-state index contributed by atoms with van der Waals surface area (Å²) in [7, 11) is 0. The average Bonchev–Trinajstić information content (AvgIpc) is 2.51. The first-order valence-electron chi connectivity index (χ1n) is 6.58. The molecular formula is C15H14FN3O3. The van der Waals surface area contributed by atoms with Crippen molar-refractivity contribution in [3.05, 3.63) is 70.0 Å². The lowest BCUT2D eigenvalue weighted by Crippen LogP contribution is -2.28. The first-order chi connectivity index (χ1) is 10.6. The molecule has 7 heteroatoms. The summed E-state index contributed by atoms with van der Waals surface area (Å²) >= 11 is 0. The standard InChI is InChI=1S/C15H14FN3O3/c16-12-3-1-2-11(10-12)15(20)18-9-8-17-13-4-6-14(7-5-13)19(21)22/h1-7,10,17H,8-9H2,(H,18,20). The third-order valence-electron chi connectivity index (χ3n) is 2.90. The van der Waals surface area contributed by atoms with Gasteiger partial charge in [-0.25, -0.2) is 4.39 Å². The van der Waals surface area contributed by atoms with Gasteiger partial charge >= 0.3 is 0 Å². The second kappa shape index (κ2) is 7.16. The molecule has 0 saturated carbocycles. The summed E-state index contributed by atoms with van der Waals surface area (Å²) in [5.74, 6) is -0.818. The van der Waals surface area contributed by atoms with Crippen LogP contribution in [-0.2, 0) is 0 Å². The normalized spacial score (nSPS) is 10.0. The molecule has 0 aliphatic heterocycles. The maximum absolute atomic E-state index is 13.0. The molecule has 1 amide bonds. The highest BCUT2D eigenvalue weighted by atomic mass is 19.1. The zero-order chi connectivity index (χ0) is 15.9. The number of nitrogens with zero attached hydrogens (tertiary/aromatic N) is 1. The van der Waals surface area contributed by atoms with Crippen molar-refractivity contribution in [2.24, 2.45) is 0 Å². The summed E-state index contributed by atoms with van der Waals surface area (Å²) in [4.78, 5) is 21.8. The summed E-state index contributed by atoms with van der Waals surface area (Å²) in [6.07, 6.45) is 0. The van der Waals surface area contributed by atoms with Gasteiger partial charge in [0.15, 0.2) is 0 Å². The average molecular weight is 303 g/mol. The molecule has 0 spiro atoms. The number of hydrogen-bond donors (Lipinski definition) is 2. The molecule has 2 N–H and O–H groups in total. The predicted octanol–water partition coefficient (Wildman–Crippen LogP) is 2.58. The molecule has 6 nitrogen and oxygen atoms in total. The van der Waals surface area contributed by atoms with E-state index in [2.05, 4.69) is 10.6 Å². The number of non-ortho nitro benzene ring substituents is 1. The van der Waals surface area contributed by atoms with Gasteiger partial charge in [0.25, 0.3) is 11.6 Å². The van der Waals surface area contributed by atoms with Gasteiger partial charge in [-0.15, -0.1) is 0 Å². The minimum atomic E-state index is -0.469. The Bertz CT molecular complexity index is 674. The number of carbonyl (C=O) groups is 1. The molecule has 0 fully saturated rings. The van der Waals surface area contributed by atoms with E-state index in [0.29, 0.717) is 18.8 Å². The van der Waals surface area contributed by atoms with Gasteiger partial charge in [-0.05, 0) is 30.3 Å². The fraction of sp³-hybridized carbons (Fsp3) is 0.133. The van der Waals surface area contributed by atoms with Crippen molar-refractivity contribution in [1.29, 1.82) is 0 Å². The van der Waals surface area contributed by atoms with E-state index >= 15 is 0 Å². The van der Waals surface area contributed by atoms with Crippen molar-refractivity contribution < 1.29 is 14.1 Å². The van der Waals surface area contributed by atoms with E-state index < -0.39 is 10.7 Å². The zero-order valence-electron chi connectivity index (χ0n) is 11.6. The lowest BCUT2D eigenvalue weighted by atomic mass is 10.2. The topological polar surface area (TPSA) is 84.3 Å². The molecule has 0 bridgehead atoms. The maximum atomic E-state index is 13.0. The fourth-order valence-corrected chi connectivity index (χ4v) is 1.82. The number of hydrogen-bond acceptors (Lipinski definition) is 4. The van der Waals surface area contributed by atoms with Crippen LogP contribution >= 0.6 is 0 Å². The van der Waals surface area contributed by atoms with Crippen molar-refractivity contribution >= 4 is 17.3 Å². The number of anilines is 1. The number of nitro groups is 1. The first-order valence-corrected chi connectivity index (χ1v) is 6.58. The molecule has 0 heterocycles. The minimum absolute atomic E-state index is 0.0185. The second-order valence-corrected chi connectivity index (χ2v) is 4.50. The SMILES string of the molecule is O=C(NCCNc1ccc([N+](=O)[O-])cc1)c1cccc(F)c1. The van der Waals surface area contributed by atoms with Crippen LogP contribution in [0.5, 0.6) is 0 Å². The van der Waals surface area contributed by atoms with Gasteiger partial charge in [0.1, 0.15) is 5.82 Å². The van der Waals surface area contributed by atoms with Gasteiger partial charge in [0, 0.05) is 36.5 Å². The highest BCUT2D eigenvalue weighted by molar-refractivity contribution is 5.94. The van der Waals surface area contributed by atoms with E-state index in [0.717, 1.165) is 0 Å². The maximum Gasteiger partial charge on any atom is 0.269 e. The molecular weight excluding hydrogens is 289 g/mol. The monoisotopic (exact) mass is 303 g/mol. The summed E-state index contributed by atoms with van der Waals surface area (Å²) in [6.45, 7) is 0.783. The van der Waals surface area contributed by atoms with Crippen molar-refractivity contribution in [1.82, 2.24) is 5.32 Å². The van der Waals surface area contributed by atoms with E-state index in [1.165, 1.54) is 36.4 Å². The third kappa shape index (κ3) is 4.27. The van der Waals surface area contributed by atoms with Gasteiger partial charge in [-0.3, -0.25) is 14.9 Å². The van der Waals surface area contributed by atoms with E-state index in [1.54, 1.807) is 12.1 Å². The molecule has 0 aromatic heterocycles. The van der Waals surface area contributed by atoms with Crippen molar-refractivity contribution in [3.8, 4) is 0 Å². The number of amides is 1. The van der Waals surface area contributed by atoms with Gasteiger partial charge < -0.3 is 10.6 Å². The number of nitrogens with one attached hydrogen (secondary N) is 2. The minimum Gasteiger partial charge on any atom is -0.383 e. The Morgan fingerprint density at radius 2 is 1.86 bits per heavy atom. The second-order valence-electron chi connectivity index (χ2n) is 4.50. The quantitative estimate of drug-likeness (QED) is 0.488. The Hall–Kier alpha value is -2.96. The Balaban J connectivity index is 1.77. The molecule has 2 aromatic carbocycles. The molecule has 2 rings (SSSR count). The Labute approximate surface area is 126 Å². The smallest absolute Gasteiger partial charge is 0.269 e. The fourth-order valence-electron chi connectivity index (χ4n) is 1.82. The van der Waals surface area contributed by atoms with Crippen LogP contribution in [0.2, 0.25) is 0 Å². The molecule has 0 aliphatic rings. The van der Waals surface area contributed by atoms with Crippen LogP contribution in [-0.4, -0.2) is 23.9 Å². The van der Waals surface area contributed by atoms with Crippen LogP contribution < -0.4 is 10.6 Å². The summed E-state index contributed by atoms with van der Waals surface area (Å²) in [6, 6.07) is 11.4. The lowest BCUT2D eigenvalue weighted by molar-refractivity contribution is -0.384. The van der Waals surface area contributed by atoms with Gasteiger partial charge in [0.05, 0.1) is 4.92 Å². The van der Waals surface area contributed by atoms with E-state index in [9.17, 15) is 19.3 Å². The van der Waals surface area contributed by atoms with Gasteiger partial charge in [-0.2, -0.15) is 0 Å². The third-order valence-corrected chi connectivity index (χ3v) is 2.90. The van der Waals surface area contributed by atoms with Crippen LogP contribution in [0.15, 0.2) is 48.5 Å². The zero-order valence-corrected chi connectivity index (χ0v) is 11.6. The molecule has 0 radical (unpaired) electrons. The van der Waals surface area contributed by atoms with E-state index in [1.807, 2.05) is 0 Å². The number of rotatable bonds is 6. The van der Waals surface area contributed by atoms with Crippen molar-refractivity contribution in [2.45, 2.75) is 0 Å². The van der Waals surface area contributed by atoms with Gasteiger partial charge in [0.2, 0.25) is 0 Å². The highest BCUT2D eigenvalue weighted by Gasteiger charge is 2.06. The first kappa shape index (κ1) is 15.4. The Morgan fingerprint density at radius 1 is 1.14 bits per heavy atom. The van der Waals surface area contributed by atoms with Crippen LogP contribution in [0.3, 0.4) is 0 Å². The van der Waals surface area contributed by atoms with Crippen LogP contribution in [0, 0.1) is 15.9 Å². The molecule has 22 heavy (non-hydrogen) atoms. The largest absolute Gasteiger partial charge is 0.383 e. The molecule has 2 aromatic rings. The summed E-state index contributed by atoms with van der Waals surface area (Å²) in [5, 5.41) is 16.2. The number of benzene rings is 2. The molecule has 0 unspecified atom stereocenters. The number of nitro benzene ring substituents is 1. The number of carbonyl (C=O) groups excluding carboxylic acids is 1. The molecule has 114 valence electrons. The van der Waals surface area contributed by atoms with Crippen LogP contribution in [0.4, 0.5) is 15.8 Å². The van der Waals surface area contributed by atoms with E-state index in [4.69, 9.17) is 0 Å². The number of halogens is 1. The van der Waals surface area contributed by atoms with Crippen molar-refractivity contribution in [3.63, 3.8) is 0 Å². The van der Waals surface area contributed by atoms with E-state index in [-0.39, 0.29) is 17.2 Å². The van der Waals surface area contributed by atoms with Crippen LogP contribution in [0.25, 0.3) is 0 Å². The Kier molecular flexibility index (Phi) is 5.02. The summed E-state index contributed by atoms with van der Waals surface area (Å²) < 4.78 is 13.0.